The minimum Gasteiger partial charge on any atom is -0.407 e. The van der Waals surface area contributed by atoms with Gasteiger partial charge in [-0.15, -0.1) is 0 Å². The maximum Gasteiger partial charge on any atom is 0.363 e. The van der Waals surface area contributed by atoms with Crippen molar-refractivity contribution in [3.05, 3.63) is 41.6 Å². The van der Waals surface area contributed by atoms with Gasteiger partial charge in [-0.05, 0) is 24.0 Å². The molecule has 1 heterocycles. The maximum absolute atomic E-state index is 11.8. The number of nitrogens with zero attached hydrogens (tertiary/aromatic N) is 1. The van der Waals surface area contributed by atoms with Crippen LogP contribution < -0.4 is 0 Å². The molecule has 1 aromatic carbocycles. The average molecular weight is 243 g/mol. The number of unbranched alkanes of at least 4 members (excludes halogenated alkanes) is 1. The predicted molar refractivity (Wildman–Crippen MR) is 72.1 cm³/mol. The predicted octanol–water partition coefficient (Wildman–Crippen LogP) is 3.56. The Kier molecular flexibility index (Phi) is 3.92. The molecular weight excluding hydrogens is 226 g/mol. The van der Waals surface area contributed by atoms with Crippen molar-refractivity contribution in [2.24, 2.45) is 4.99 Å². The van der Waals surface area contributed by atoms with E-state index in [9.17, 15) is 4.79 Å². The maximum atomic E-state index is 11.8. The second kappa shape index (κ2) is 5.63. The van der Waals surface area contributed by atoms with Crippen molar-refractivity contribution in [1.29, 1.82) is 0 Å². The van der Waals surface area contributed by atoms with Gasteiger partial charge in [-0.1, -0.05) is 43.7 Å². The van der Waals surface area contributed by atoms with Crippen molar-refractivity contribution in [2.75, 3.05) is 0 Å². The fourth-order valence-electron chi connectivity index (χ4n) is 1.99. The second-order valence-corrected chi connectivity index (χ2v) is 4.32. The quantitative estimate of drug-likeness (QED) is 0.599. The van der Waals surface area contributed by atoms with E-state index in [0.29, 0.717) is 11.6 Å². The Bertz CT molecular complexity index is 500. The molecule has 0 radical (unpaired) electrons. The van der Waals surface area contributed by atoms with Gasteiger partial charge in [-0.2, -0.15) is 0 Å². The molecule has 0 atom stereocenters. The summed E-state index contributed by atoms with van der Waals surface area (Å²) in [6.07, 6.45) is 2.97. The summed E-state index contributed by atoms with van der Waals surface area (Å²) in [5.74, 6) is 0.0994. The largest absolute Gasteiger partial charge is 0.407 e. The molecule has 1 aromatic rings. The molecule has 0 aliphatic carbocycles. The van der Waals surface area contributed by atoms with Gasteiger partial charge in [0.2, 0.25) is 0 Å². The summed E-state index contributed by atoms with van der Waals surface area (Å²) in [7, 11) is 0. The van der Waals surface area contributed by atoms with Gasteiger partial charge in [0.05, 0.1) is 0 Å². The average Bonchev–Trinajstić information content (AvgIpc) is 2.70. The van der Waals surface area contributed by atoms with E-state index in [1.165, 1.54) is 0 Å². The molecule has 0 saturated heterocycles. The summed E-state index contributed by atoms with van der Waals surface area (Å²) < 4.78 is 5.01. The highest BCUT2D eigenvalue weighted by molar-refractivity contribution is 6.08. The van der Waals surface area contributed by atoms with Gasteiger partial charge in [0.15, 0.2) is 11.6 Å². The summed E-state index contributed by atoms with van der Waals surface area (Å²) in [4.78, 5) is 16.0. The Morgan fingerprint density at radius 3 is 2.56 bits per heavy atom. The van der Waals surface area contributed by atoms with E-state index in [2.05, 4.69) is 11.9 Å². The van der Waals surface area contributed by atoms with E-state index in [1.807, 2.05) is 30.3 Å². The number of hydrogen-bond acceptors (Lipinski definition) is 3. The van der Waals surface area contributed by atoms with Gasteiger partial charge < -0.3 is 4.74 Å². The first-order valence-corrected chi connectivity index (χ1v) is 6.28. The number of ether oxygens (including phenoxy) is 1. The van der Waals surface area contributed by atoms with E-state index < -0.39 is 0 Å². The van der Waals surface area contributed by atoms with Crippen LogP contribution in [0.5, 0.6) is 0 Å². The molecule has 0 fully saturated rings. The summed E-state index contributed by atoms with van der Waals surface area (Å²) in [6.45, 7) is 3.84. The molecule has 1 aliphatic heterocycles. The van der Waals surface area contributed by atoms with Crippen LogP contribution in [0.1, 0.15) is 38.7 Å². The van der Waals surface area contributed by atoms with Gasteiger partial charge in [0, 0.05) is 6.92 Å². The molecule has 0 unspecified atom stereocenters. The molecular formula is C15H17NO2. The fourth-order valence-corrected chi connectivity index (χ4v) is 1.99. The molecule has 0 bridgehead atoms. The molecule has 3 heteroatoms. The second-order valence-electron chi connectivity index (χ2n) is 4.32. The number of cyclic esters (lactones) is 1. The van der Waals surface area contributed by atoms with Crippen LogP contribution >= 0.6 is 0 Å². The minimum absolute atomic E-state index is 0.331. The zero-order valence-corrected chi connectivity index (χ0v) is 10.8. The highest BCUT2D eigenvalue weighted by Gasteiger charge is 2.24. The zero-order valence-electron chi connectivity index (χ0n) is 10.8. The summed E-state index contributed by atoms with van der Waals surface area (Å²) in [5, 5.41) is 0. The molecule has 0 amide bonds. The molecule has 0 spiro atoms. The van der Waals surface area contributed by atoms with E-state index in [1.54, 1.807) is 6.92 Å². The SMILES string of the molecule is CCCCC(=C1N=C(C)OC1=O)c1ccccc1. The van der Waals surface area contributed by atoms with Crippen LogP contribution in [0.2, 0.25) is 0 Å². The summed E-state index contributed by atoms with van der Waals surface area (Å²) >= 11 is 0. The van der Waals surface area contributed by atoms with Crippen LogP contribution in [0.3, 0.4) is 0 Å². The Hall–Kier alpha value is -1.90. The van der Waals surface area contributed by atoms with E-state index >= 15 is 0 Å². The zero-order chi connectivity index (χ0) is 13.0. The Balaban J connectivity index is 2.43. The summed E-state index contributed by atoms with van der Waals surface area (Å²) in [5.41, 5.74) is 2.50. The van der Waals surface area contributed by atoms with Crippen molar-refractivity contribution >= 4 is 17.4 Å². The molecule has 2 rings (SSSR count). The molecule has 94 valence electrons. The number of allylic oxidation sites excluding steroid dienone is 1. The first kappa shape index (κ1) is 12.6. The van der Waals surface area contributed by atoms with Crippen molar-refractivity contribution in [3.8, 4) is 0 Å². The van der Waals surface area contributed by atoms with Crippen LogP contribution in [-0.2, 0) is 9.53 Å². The van der Waals surface area contributed by atoms with E-state index in [-0.39, 0.29) is 5.97 Å². The first-order valence-electron chi connectivity index (χ1n) is 6.28. The third-order valence-electron chi connectivity index (χ3n) is 2.89. The van der Waals surface area contributed by atoms with Crippen LogP contribution in [0.15, 0.2) is 41.0 Å². The topological polar surface area (TPSA) is 38.7 Å². The lowest BCUT2D eigenvalue weighted by Gasteiger charge is -2.08. The van der Waals surface area contributed by atoms with E-state index in [0.717, 1.165) is 30.4 Å². The standard InChI is InChI=1S/C15H17NO2/c1-3-4-10-13(12-8-6-5-7-9-12)14-15(17)18-11(2)16-14/h5-9H,3-4,10H2,1-2H3. The van der Waals surface area contributed by atoms with Gasteiger partial charge in [-0.3, -0.25) is 0 Å². The molecule has 0 N–H and O–H groups in total. The summed E-state index contributed by atoms with van der Waals surface area (Å²) in [6, 6.07) is 9.92. The first-order chi connectivity index (χ1) is 8.72. The number of aliphatic imine (C=N–C) groups is 1. The van der Waals surface area contributed by atoms with Crippen molar-refractivity contribution in [1.82, 2.24) is 0 Å². The Labute approximate surface area is 107 Å². The molecule has 0 aromatic heterocycles. The lowest BCUT2D eigenvalue weighted by molar-refractivity contribution is -0.130. The van der Waals surface area contributed by atoms with E-state index in [4.69, 9.17) is 4.74 Å². The van der Waals surface area contributed by atoms with Crippen molar-refractivity contribution < 1.29 is 9.53 Å². The molecule has 1 aliphatic rings. The van der Waals surface area contributed by atoms with Gasteiger partial charge in [-0.25, -0.2) is 9.79 Å². The Morgan fingerprint density at radius 2 is 2.00 bits per heavy atom. The monoisotopic (exact) mass is 243 g/mol. The van der Waals surface area contributed by atoms with Crippen molar-refractivity contribution in [3.63, 3.8) is 0 Å². The van der Waals surface area contributed by atoms with Crippen molar-refractivity contribution in [2.45, 2.75) is 33.1 Å². The van der Waals surface area contributed by atoms with Gasteiger partial charge in [0.1, 0.15) is 0 Å². The molecule has 0 saturated carbocycles. The molecule has 18 heavy (non-hydrogen) atoms. The fraction of sp³-hybridized carbons (Fsp3) is 0.333. The van der Waals surface area contributed by atoms with Crippen LogP contribution in [0.25, 0.3) is 5.57 Å². The number of rotatable bonds is 4. The Morgan fingerprint density at radius 1 is 1.28 bits per heavy atom. The van der Waals surface area contributed by atoms with Crippen LogP contribution in [-0.4, -0.2) is 11.9 Å². The molecule has 3 nitrogen and oxygen atoms in total. The number of carbonyl (C=O) groups excluding carboxylic acids is 1. The smallest absolute Gasteiger partial charge is 0.363 e. The van der Waals surface area contributed by atoms with Crippen LogP contribution in [0, 0.1) is 0 Å². The highest BCUT2D eigenvalue weighted by Crippen LogP contribution is 2.28. The number of esters is 1. The number of benzene rings is 1. The minimum atomic E-state index is -0.331. The van der Waals surface area contributed by atoms with Crippen LogP contribution in [0.4, 0.5) is 0 Å². The van der Waals surface area contributed by atoms with Gasteiger partial charge >= 0.3 is 5.97 Å². The lowest BCUT2D eigenvalue weighted by Crippen LogP contribution is -2.02. The third-order valence-corrected chi connectivity index (χ3v) is 2.89. The normalized spacial score (nSPS) is 17.4. The third kappa shape index (κ3) is 2.67. The highest BCUT2D eigenvalue weighted by atomic mass is 16.6. The lowest BCUT2D eigenvalue weighted by atomic mass is 9.98. The van der Waals surface area contributed by atoms with Gasteiger partial charge in [0.25, 0.3) is 0 Å². The number of carbonyl (C=O) groups is 1. The number of hydrogen-bond donors (Lipinski definition) is 0.